The van der Waals surface area contributed by atoms with E-state index in [4.69, 9.17) is 5.73 Å². The molecule has 2 N–H and O–H groups in total. The van der Waals surface area contributed by atoms with Crippen LogP contribution in [0.1, 0.15) is 5.56 Å². The maximum Gasteiger partial charge on any atom is 0.416 e. The first kappa shape index (κ1) is 12.3. The minimum absolute atomic E-state index is 0.108. The first-order valence-corrected chi connectivity index (χ1v) is 4.95. The monoisotopic (exact) mass is 256 g/mol. The van der Waals surface area contributed by atoms with Crippen LogP contribution in [0.2, 0.25) is 0 Å². The fourth-order valence-electron chi connectivity index (χ4n) is 1.54. The molecule has 0 fully saturated rings. The zero-order valence-electron chi connectivity index (χ0n) is 9.00. The predicted molar refractivity (Wildman–Crippen MR) is 59.0 cm³/mol. The summed E-state index contributed by atoms with van der Waals surface area (Å²) in [5.41, 5.74) is 5.21. The summed E-state index contributed by atoms with van der Waals surface area (Å²) in [6.45, 7) is 0. The normalized spacial score (nSPS) is 11.6. The summed E-state index contributed by atoms with van der Waals surface area (Å²) in [6.07, 6.45) is -2.24. The number of pyridine rings is 1. The molecule has 0 saturated carbocycles. The molecule has 0 atom stereocenters. The van der Waals surface area contributed by atoms with Crippen molar-refractivity contribution in [1.82, 2.24) is 4.98 Å². The van der Waals surface area contributed by atoms with Gasteiger partial charge in [0.2, 0.25) is 0 Å². The maximum atomic E-state index is 13.0. The number of halogens is 4. The lowest BCUT2D eigenvalue weighted by Gasteiger charge is -2.11. The van der Waals surface area contributed by atoms with Crippen LogP contribution in [-0.4, -0.2) is 4.98 Å². The number of anilines is 1. The van der Waals surface area contributed by atoms with Crippen molar-refractivity contribution in [3.8, 4) is 11.1 Å². The van der Waals surface area contributed by atoms with Crippen molar-refractivity contribution in [2.45, 2.75) is 6.18 Å². The van der Waals surface area contributed by atoms with Crippen LogP contribution in [0.25, 0.3) is 11.1 Å². The minimum atomic E-state index is -4.47. The molecule has 2 rings (SSSR count). The molecular formula is C12H8F4N2. The van der Waals surface area contributed by atoms with Crippen LogP contribution in [0.5, 0.6) is 0 Å². The third kappa shape index (κ3) is 2.42. The van der Waals surface area contributed by atoms with Crippen LogP contribution in [-0.2, 0) is 6.18 Å². The lowest BCUT2D eigenvalue weighted by atomic mass is 10.0. The third-order valence-corrected chi connectivity index (χ3v) is 2.40. The van der Waals surface area contributed by atoms with Crippen molar-refractivity contribution in [2.75, 3.05) is 5.73 Å². The van der Waals surface area contributed by atoms with Crippen molar-refractivity contribution in [2.24, 2.45) is 0 Å². The van der Waals surface area contributed by atoms with Crippen LogP contribution < -0.4 is 5.73 Å². The fourth-order valence-corrected chi connectivity index (χ4v) is 1.54. The molecule has 1 aromatic heterocycles. The molecule has 2 aromatic rings. The topological polar surface area (TPSA) is 38.9 Å². The van der Waals surface area contributed by atoms with E-state index in [1.165, 1.54) is 6.20 Å². The molecule has 0 radical (unpaired) electrons. The van der Waals surface area contributed by atoms with Gasteiger partial charge in [0.15, 0.2) is 0 Å². The summed E-state index contributed by atoms with van der Waals surface area (Å²) in [4.78, 5) is 3.58. The van der Waals surface area contributed by atoms with Gasteiger partial charge in [0, 0.05) is 23.0 Å². The maximum absolute atomic E-state index is 13.0. The SMILES string of the molecule is Nc1ccc(C(F)(F)F)cc1-c1cncc(F)c1. The average molecular weight is 256 g/mol. The van der Waals surface area contributed by atoms with Gasteiger partial charge in [-0.15, -0.1) is 0 Å². The second kappa shape index (κ2) is 4.29. The molecule has 94 valence electrons. The van der Waals surface area contributed by atoms with E-state index >= 15 is 0 Å². The molecule has 1 aromatic carbocycles. The second-order valence-electron chi connectivity index (χ2n) is 3.69. The van der Waals surface area contributed by atoms with Crippen molar-refractivity contribution < 1.29 is 17.6 Å². The number of aromatic nitrogens is 1. The van der Waals surface area contributed by atoms with Crippen molar-refractivity contribution >= 4 is 5.69 Å². The van der Waals surface area contributed by atoms with Gasteiger partial charge in [-0.3, -0.25) is 4.98 Å². The van der Waals surface area contributed by atoms with Crippen LogP contribution in [0.3, 0.4) is 0 Å². The summed E-state index contributed by atoms with van der Waals surface area (Å²) < 4.78 is 50.7. The molecule has 0 aliphatic rings. The number of benzene rings is 1. The summed E-state index contributed by atoms with van der Waals surface area (Å²) >= 11 is 0. The molecule has 1 heterocycles. The van der Waals surface area contributed by atoms with Crippen LogP contribution in [0, 0.1) is 5.82 Å². The number of hydrogen-bond acceptors (Lipinski definition) is 2. The Morgan fingerprint density at radius 3 is 2.39 bits per heavy atom. The molecule has 0 aliphatic carbocycles. The van der Waals surface area contributed by atoms with E-state index in [1.807, 2.05) is 0 Å². The van der Waals surface area contributed by atoms with Crippen molar-refractivity contribution in [3.05, 3.63) is 48.0 Å². The van der Waals surface area contributed by atoms with Crippen LogP contribution in [0.4, 0.5) is 23.2 Å². The Morgan fingerprint density at radius 1 is 1.06 bits per heavy atom. The predicted octanol–water partition coefficient (Wildman–Crippen LogP) is 3.49. The molecule has 0 aliphatic heterocycles. The molecule has 2 nitrogen and oxygen atoms in total. The van der Waals surface area contributed by atoms with E-state index in [2.05, 4.69) is 4.98 Å². The lowest BCUT2D eigenvalue weighted by molar-refractivity contribution is -0.137. The Kier molecular flexibility index (Phi) is 2.94. The van der Waals surface area contributed by atoms with Gasteiger partial charge in [-0.05, 0) is 24.3 Å². The van der Waals surface area contributed by atoms with Gasteiger partial charge in [-0.25, -0.2) is 4.39 Å². The van der Waals surface area contributed by atoms with Gasteiger partial charge >= 0.3 is 6.18 Å². The van der Waals surface area contributed by atoms with Gasteiger partial charge in [-0.2, -0.15) is 13.2 Å². The summed E-state index contributed by atoms with van der Waals surface area (Å²) in [5, 5.41) is 0. The highest BCUT2D eigenvalue weighted by Crippen LogP contribution is 2.34. The Labute approximate surface area is 100 Å². The van der Waals surface area contributed by atoms with Crippen LogP contribution >= 0.6 is 0 Å². The molecule has 0 bridgehead atoms. The third-order valence-electron chi connectivity index (χ3n) is 2.40. The van der Waals surface area contributed by atoms with Gasteiger partial charge in [-0.1, -0.05) is 0 Å². The number of nitrogens with zero attached hydrogens (tertiary/aromatic N) is 1. The quantitative estimate of drug-likeness (QED) is 0.626. The molecule has 6 heteroatoms. The molecule has 0 amide bonds. The van der Waals surface area contributed by atoms with Crippen molar-refractivity contribution in [3.63, 3.8) is 0 Å². The Hall–Kier alpha value is -2.11. The zero-order chi connectivity index (χ0) is 13.3. The van der Waals surface area contributed by atoms with Gasteiger partial charge in [0.05, 0.1) is 11.8 Å². The zero-order valence-corrected chi connectivity index (χ0v) is 9.00. The largest absolute Gasteiger partial charge is 0.416 e. The number of rotatable bonds is 1. The molecule has 0 saturated heterocycles. The summed E-state index contributed by atoms with van der Waals surface area (Å²) in [7, 11) is 0. The fraction of sp³-hybridized carbons (Fsp3) is 0.0833. The highest BCUT2D eigenvalue weighted by Gasteiger charge is 2.31. The van der Waals surface area contributed by atoms with E-state index in [0.29, 0.717) is 0 Å². The summed E-state index contributed by atoms with van der Waals surface area (Å²) in [5.74, 6) is -0.635. The highest BCUT2D eigenvalue weighted by molar-refractivity contribution is 5.76. The molecule has 18 heavy (non-hydrogen) atoms. The highest BCUT2D eigenvalue weighted by atomic mass is 19.4. The van der Waals surface area contributed by atoms with Crippen LogP contribution in [0.15, 0.2) is 36.7 Å². The van der Waals surface area contributed by atoms with E-state index in [1.54, 1.807) is 0 Å². The lowest BCUT2D eigenvalue weighted by Crippen LogP contribution is -2.05. The van der Waals surface area contributed by atoms with E-state index < -0.39 is 17.6 Å². The minimum Gasteiger partial charge on any atom is -0.398 e. The second-order valence-corrected chi connectivity index (χ2v) is 3.69. The van der Waals surface area contributed by atoms with E-state index in [9.17, 15) is 17.6 Å². The molecule has 0 spiro atoms. The number of nitrogen functional groups attached to an aromatic ring is 1. The Balaban J connectivity index is 2.57. The van der Waals surface area contributed by atoms with E-state index in [-0.39, 0.29) is 16.8 Å². The smallest absolute Gasteiger partial charge is 0.398 e. The Bertz CT molecular complexity index is 579. The summed E-state index contributed by atoms with van der Waals surface area (Å²) in [6, 6.07) is 3.99. The molecule has 0 unspecified atom stereocenters. The molecular weight excluding hydrogens is 248 g/mol. The Morgan fingerprint density at radius 2 is 1.78 bits per heavy atom. The van der Waals surface area contributed by atoms with Gasteiger partial charge in [0.1, 0.15) is 5.82 Å². The average Bonchev–Trinajstić information content (AvgIpc) is 2.28. The first-order chi connectivity index (χ1) is 8.38. The van der Waals surface area contributed by atoms with Crippen molar-refractivity contribution in [1.29, 1.82) is 0 Å². The van der Waals surface area contributed by atoms with Gasteiger partial charge in [0.25, 0.3) is 0 Å². The van der Waals surface area contributed by atoms with E-state index in [0.717, 1.165) is 30.5 Å². The first-order valence-electron chi connectivity index (χ1n) is 4.95. The number of alkyl halides is 3. The number of hydrogen-bond donors (Lipinski definition) is 1. The number of nitrogens with two attached hydrogens (primary N) is 1. The standard InChI is InChI=1S/C12H8F4N2/c13-9-3-7(5-18-6-9)10-4-8(12(14,15)16)1-2-11(10)17/h1-6H,17H2. The van der Waals surface area contributed by atoms with Gasteiger partial charge < -0.3 is 5.73 Å².